The van der Waals surface area contributed by atoms with Gasteiger partial charge in [-0.3, -0.25) is 0 Å². The number of hydrogen-bond donors (Lipinski definition) is 1. The average Bonchev–Trinajstić information content (AvgIpc) is 2.79. The van der Waals surface area contributed by atoms with Gasteiger partial charge in [-0.2, -0.15) is 4.31 Å². The van der Waals surface area contributed by atoms with Gasteiger partial charge in [0.05, 0.1) is 10.9 Å². The summed E-state index contributed by atoms with van der Waals surface area (Å²) in [7, 11) is -3.55. The molecule has 0 spiro atoms. The molecule has 1 atom stereocenters. The molecule has 2 aliphatic heterocycles. The van der Waals surface area contributed by atoms with E-state index in [2.05, 4.69) is 5.32 Å². The van der Waals surface area contributed by atoms with Crippen LogP contribution in [0.5, 0.6) is 11.5 Å². The van der Waals surface area contributed by atoms with Crippen molar-refractivity contribution in [3.05, 3.63) is 53.6 Å². The van der Waals surface area contributed by atoms with Gasteiger partial charge in [0.25, 0.3) is 0 Å². The molecule has 166 valence electrons. The Morgan fingerprint density at radius 1 is 0.968 bits per heavy atom. The fourth-order valence-electron chi connectivity index (χ4n) is 3.68. The summed E-state index contributed by atoms with van der Waals surface area (Å²) in [5, 5.41) is 2.99. The van der Waals surface area contributed by atoms with Gasteiger partial charge in [0.1, 0.15) is 13.2 Å². The predicted molar refractivity (Wildman–Crippen MR) is 116 cm³/mol. The van der Waals surface area contributed by atoms with Crippen LogP contribution < -0.4 is 14.8 Å². The van der Waals surface area contributed by atoms with Crippen LogP contribution >= 0.6 is 0 Å². The van der Waals surface area contributed by atoms with Crippen molar-refractivity contribution >= 4 is 16.1 Å². The molecule has 0 aliphatic carbocycles. The van der Waals surface area contributed by atoms with Crippen LogP contribution in [-0.4, -0.2) is 63.0 Å². The van der Waals surface area contributed by atoms with E-state index in [4.69, 9.17) is 9.47 Å². The highest BCUT2D eigenvalue weighted by atomic mass is 32.2. The molecule has 1 saturated heterocycles. The quantitative estimate of drug-likeness (QED) is 0.781. The van der Waals surface area contributed by atoms with Crippen molar-refractivity contribution in [3.63, 3.8) is 0 Å². The Hall–Kier alpha value is -2.78. The van der Waals surface area contributed by atoms with Crippen molar-refractivity contribution in [2.24, 2.45) is 0 Å². The minimum absolute atomic E-state index is 0.213. The van der Waals surface area contributed by atoms with Crippen molar-refractivity contribution in [2.45, 2.75) is 24.8 Å². The molecule has 8 nitrogen and oxygen atoms in total. The summed E-state index contributed by atoms with van der Waals surface area (Å²) in [4.78, 5) is 14.7. The predicted octanol–water partition coefficient (Wildman–Crippen LogP) is 2.54. The highest BCUT2D eigenvalue weighted by Gasteiger charge is 2.30. The number of nitrogens with one attached hydrogen (secondary N) is 1. The minimum Gasteiger partial charge on any atom is -0.486 e. The molecule has 2 heterocycles. The zero-order chi connectivity index (χ0) is 22.0. The molecule has 0 bridgehead atoms. The number of amides is 2. The maximum Gasteiger partial charge on any atom is 0.317 e. The third-order valence-corrected chi connectivity index (χ3v) is 7.50. The zero-order valence-electron chi connectivity index (χ0n) is 17.7. The number of rotatable bonds is 4. The topological polar surface area (TPSA) is 88.2 Å². The molecule has 2 aromatic rings. The van der Waals surface area contributed by atoms with Crippen molar-refractivity contribution in [2.75, 3.05) is 39.4 Å². The molecule has 9 heteroatoms. The van der Waals surface area contributed by atoms with Gasteiger partial charge in [-0.25, -0.2) is 13.2 Å². The molecule has 2 aliphatic rings. The summed E-state index contributed by atoms with van der Waals surface area (Å²) in [6.45, 7) is 6.07. The first-order chi connectivity index (χ1) is 14.8. The Labute approximate surface area is 182 Å². The number of aryl methyl sites for hydroxylation is 1. The summed E-state index contributed by atoms with van der Waals surface area (Å²) in [5.41, 5.74) is 1.92. The Morgan fingerprint density at radius 3 is 2.29 bits per heavy atom. The van der Waals surface area contributed by atoms with Gasteiger partial charge in [-0.1, -0.05) is 23.8 Å². The lowest BCUT2D eigenvalue weighted by Crippen LogP contribution is -2.53. The Morgan fingerprint density at radius 2 is 1.61 bits per heavy atom. The number of benzene rings is 2. The van der Waals surface area contributed by atoms with Crippen LogP contribution in [0.1, 0.15) is 24.1 Å². The summed E-state index contributed by atoms with van der Waals surface area (Å²) in [6.07, 6.45) is 0. The largest absolute Gasteiger partial charge is 0.486 e. The van der Waals surface area contributed by atoms with Gasteiger partial charge in [0.2, 0.25) is 10.0 Å². The molecule has 0 radical (unpaired) electrons. The van der Waals surface area contributed by atoms with E-state index >= 15 is 0 Å². The molecule has 0 saturated carbocycles. The van der Waals surface area contributed by atoms with Crippen LogP contribution in [0.2, 0.25) is 0 Å². The first kappa shape index (κ1) is 21.5. The van der Waals surface area contributed by atoms with Crippen LogP contribution in [0.25, 0.3) is 0 Å². The first-order valence-corrected chi connectivity index (χ1v) is 11.8. The molecule has 31 heavy (non-hydrogen) atoms. The van der Waals surface area contributed by atoms with Crippen LogP contribution in [0.4, 0.5) is 4.79 Å². The molecule has 1 N–H and O–H groups in total. The van der Waals surface area contributed by atoms with Gasteiger partial charge in [0, 0.05) is 26.2 Å². The lowest BCUT2D eigenvalue weighted by atomic mass is 10.1. The Kier molecular flexibility index (Phi) is 6.06. The maximum atomic E-state index is 12.8. The summed E-state index contributed by atoms with van der Waals surface area (Å²) in [5.74, 6) is 1.39. The van der Waals surface area contributed by atoms with E-state index in [0.717, 1.165) is 11.1 Å². The number of piperazine rings is 1. The number of urea groups is 1. The summed E-state index contributed by atoms with van der Waals surface area (Å²) in [6, 6.07) is 12.0. The molecule has 2 aromatic carbocycles. The molecule has 4 rings (SSSR count). The van der Waals surface area contributed by atoms with Gasteiger partial charge >= 0.3 is 6.03 Å². The van der Waals surface area contributed by atoms with Crippen LogP contribution in [0.3, 0.4) is 0 Å². The average molecular weight is 446 g/mol. The number of sulfonamides is 1. The fraction of sp³-hybridized carbons (Fsp3) is 0.409. The number of ether oxygens (including phenoxy) is 2. The minimum atomic E-state index is -3.55. The number of fused-ring (bicyclic) bond motifs is 1. The summed E-state index contributed by atoms with van der Waals surface area (Å²) < 4.78 is 38.3. The van der Waals surface area contributed by atoms with Crippen molar-refractivity contribution in [3.8, 4) is 11.5 Å². The van der Waals surface area contributed by atoms with Gasteiger partial charge < -0.3 is 19.7 Å². The zero-order valence-corrected chi connectivity index (χ0v) is 18.5. The number of hydrogen-bond acceptors (Lipinski definition) is 5. The standard InChI is InChI=1S/C22H27N3O5S/c1-16-3-6-19(7-4-16)31(27,28)25-11-9-24(10-12-25)22(26)23-17(2)18-5-8-20-21(15-18)30-14-13-29-20/h3-8,15,17H,9-14H2,1-2H3,(H,23,26). The maximum absolute atomic E-state index is 12.8. The van der Waals surface area contributed by atoms with Gasteiger partial charge in [-0.15, -0.1) is 0 Å². The SMILES string of the molecule is Cc1ccc(S(=O)(=O)N2CCN(C(=O)NC(C)c3ccc4c(c3)OCCO4)CC2)cc1. The number of nitrogens with zero attached hydrogens (tertiary/aromatic N) is 2. The van der Waals surface area contributed by atoms with Gasteiger partial charge in [-0.05, 0) is 43.7 Å². The van der Waals surface area contributed by atoms with Crippen molar-refractivity contribution < 1.29 is 22.7 Å². The molecule has 0 aromatic heterocycles. The molecular formula is C22H27N3O5S. The van der Waals surface area contributed by atoms with Crippen LogP contribution in [0, 0.1) is 6.92 Å². The summed E-state index contributed by atoms with van der Waals surface area (Å²) >= 11 is 0. The monoisotopic (exact) mass is 445 g/mol. The van der Waals surface area contributed by atoms with E-state index in [1.54, 1.807) is 29.2 Å². The molecule has 1 fully saturated rings. The lowest BCUT2D eigenvalue weighted by Gasteiger charge is -2.34. The highest BCUT2D eigenvalue weighted by molar-refractivity contribution is 7.89. The molecule has 1 unspecified atom stereocenters. The second-order valence-corrected chi connectivity index (χ2v) is 9.72. The third-order valence-electron chi connectivity index (χ3n) is 5.59. The first-order valence-electron chi connectivity index (χ1n) is 10.4. The highest BCUT2D eigenvalue weighted by Crippen LogP contribution is 2.32. The second kappa shape index (κ2) is 8.76. The van der Waals surface area contributed by atoms with E-state index in [9.17, 15) is 13.2 Å². The number of carbonyl (C=O) groups is 1. The molecule has 2 amide bonds. The van der Waals surface area contributed by atoms with E-state index in [-0.39, 0.29) is 30.1 Å². The normalized spacial score (nSPS) is 17.8. The van der Waals surface area contributed by atoms with E-state index < -0.39 is 10.0 Å². The fourth-order valence-corrected chi connectivity index (χ4v) is 5.10. The van der Waals surface area contributed by atoms with Gasteiger partial charge in [0.15, 0.2) is 11.5 Å². The number of carbonyl (C=O) groups excluding carboxylic acids is 1. The van der Waals surface area contributed by atoms with Crippen LogP contribution in [0.15, 0.2) is 47.4 Å². The van der Waals surface area contributed by atoms with E-state index in [0.29, 0.717) is 37.8 Å². The van der Waals surface area contributed by atoms with E-state index in [1.807, 2.05) is 32.0 Å². The second-order valence-electron chi connectivity index (χ2n) is 7.78. The van der Waals surface area contributed by atoms with E-state index in [1.165, 1.54) is 4.31 Å². The smallest absolute Gasteiger partial charge is 0.317 e. The third kappa shape index (κ3) is 4.62. The molecular weight excluding hydrogens is 418 g/mol. The lowest BCUT2D eigenvalue weighted by molar-refractivity contribution is 0.168. The Bertz CT molecular complexity index is 1050. The van der Waals surface area contributed by atoms with Crippen molar-refractivity contribution in [1.29, 1.82) is 0 Å². The van der Waals surface area contributed by atoms with Crippen molar-refractivity contribution in [1.82, 2.24) is 14.5 Å². The van der Waals surface area contributed by atoms with Crippen LogP contribution in [-0.2, 0) is 10.0 Å². The Balaban J connectivity index is 1.34.